The second kappa shape index (κ2) is 4.80. The molecule has 0 N–H and O–H groups in total. The van der Waals surface area contributed by atoms with E-state index in [9.17, 15) is 4.39 Å². The quantitative estimate of drug-likeness (QED) is 0.634. The van der Waals surface area contributed by atoms with Crippen LogP contribution in [0.2, 0.25) is 0 Å². The minimum absolute atomic E-state index is 0.171. The van der Waals surface area contributed by atoms with Crippen molar-refractivity contribution >= 4 is 0 Å². The number of halogens is 1. The molecule has 1 rings (SSSR count). The lowest BCUT2D eigenvalue weighted by atomic mass is 9.97. The van der Waals surface area contributed by atoms with E-state index in [0.717, 1.165) is 6.54 Å². The summed E-state index contributed by atoms with van der Waals surface area (Å²) in [7, 11) is 0. The zero-order valence-electron chi connectivity index (χ0n) is 8.22. The van der Waals surface area contributed by atoms with E-state index in [1.54, 1.807) is 0 Å². The van der Waals surface area contributed by atoms with E-state index in [-0.39, 0.29) is 6.67 Å². The predicted octanol–water partition coefficient (Wildman–Crippen LogP) is 2.61. The molecule has 1 aliphatic rings. The van der Waals surface area contributed by atoms with Gasteiger partial charge in [0.1, 0.15) is 0 Å². The molecule has 1 heterocycles. The zero-order valence-corrected chi connectivity index (χ0v) is 8.22. The van der Waals surface area contributed by atoms with Crippen LogP contribution in [0.25, 0.3) is 0 Å². The minimum Gasteiger partial charge on any atom is -0.298 e. The molecule has 2 atom stereocenters. The summed E-state index contributed by atoms with van der Waals surface area (Å²) in [6.45, 7) is 5.29. The first-order valence-corrected chi connectivity index (χ1v) is 5.07. The van der Waals surface area contributed by atoms with Crippen molar-refractivity contribution in [2.24, 2.45) is 0 Å². The Morgan fingerprint density at radius 1 is 1.25 bits per heavy atom. The van der Waals surface area contributed by atoms with E-state index in [1.807, 2.05) is 0 Å². The number of alkyl halides is 1. The Morgan fingerprint density at radius 2 is 1.83 bits per heavy atom. The van der Waals surface area contributed by atoms with Crippen LogP contribution >= 0.6 is 0 Å². The van der Waals surface area contributed by atoms with Crippen LogP contribution in [0, 0.1) is 0 Å². The summed E-state index contributed by atoms with van der Waals surface area (Å²) in [6, 6.07) is 1.33. The summed E-state index contributed by atoms with van der Waals surface area (Å²) < 4.78 is 12.0. The second-order valence-corrected chi connectivity index (χ2v) is 3.91. The van der Waals surface area contributed by atoms with E-state index in [2.05, 4.69) is 18.7 Å². The number of likely N-dealkylation sites (tertiary alicyclic amines) is 1. The number of rotatable bonds is 3. The highest BCUT2D eigenvalue weighted by Crippen LogP contribution is 2.22. The molecule has 12 heavy (non-hydrogen) atoms. The lowest BCUT2D eigenvalue weighted by Crippen LogP contribution is -2.44. The first-order chi connectivity index (χ1) is 5.75. The van der Waals surface area contributed by atoms with E-state index in [0.29, 0.717) is 18.5 Å². The van der Waals surface area contributed by atoms with Crippen molar-refractivity contribution in [1.29, 1.82) is 0 Å². The highest BCUT2D eigenvalue weighted by Gasteiger charge is 2.23. The van der Waals surface area contributed by atoms with Gasteiger partial charge in [0.05, 0.1) is 6.67 Å². The van der Waals surface area contributed by atoms with Gasteiger partial charge in [-0.2, -0.15) is 0 Å². The van der Waals surface area contributed by atoms with Crippen molar-refractivity contribution in [1.82, 2.24) is 4.90 Å². The van der Waals surface area contributed by atoms with Crippen LogP contribution in [0.1, 0.15) is 39.5 Å². The van der Waals surface area contributed by atoms with Gasteiger partial charge >= 0.3 is 0 Å². The molecule has 0 aromatic heterocycles. The van der Waals surface area contributed by atoms with Gasteiger partial charge in [-0.15, -0.1) is 0 Å². The summed E-state index contributed by atoms with van der Waals surface area (Å²) in [5.41, 5.74) is 0. The van der Waals surface area contributed by atoms with Crippen LogP contribution in [0.3, 0.4) is 0 Å². The van der Waals surface area contributed by atoms with Crippen LogP contribution in [0.4, 0.5) is 4.39 Å². The van der Waals surface area contributed by atoms with Gasteiger partial charge in [-0.3, -0.25) is 9.29 Å². The molecule has 0 spiro atoms. The molecular weight excluding hydrogens is 153 g/mol. The summed E-state index contributed by atoms with van der Waals surface area (Å²) in [4.78, 5) is 2.45. The molecule has 1 saturated heterocycles. The molecule has 0 aliphatic carbocycles. The molecule has 0 bridgehead atoms. The zero-order chi connectivity index (χ0) is 8.97. The molecule has 1 nitrogen and oxygen atoms in total. The summed E-state index contributed by atoms with van der Waals surface area (Å²) >= 11 is 0. The van der Waals surface area contributed by atoms with Crippen LogP contribution in [0.5, 0.6) is 0 Å². The fourth-order valence-corrected chi connectivity index (χ4v) is 2.16. The van der Waals surface area contributed by atoms with Gasteiger partial charge in [-0.1, -0.05) is 6.42 Å². The van der Waals surface area contributed by atoms with Crippen LogP contribution in [-0.4, -0.2) is 30.2 Å². The first-order valence-electron chi connectivity index (χ1n) is 5.07. The highest BCUT2D eigenvalue weighted by atomic mass is 19.1. The van der Waals surface area contributed by atoms with Gasteiger partial charge in [0.25, 0.3) is 0 Å². The SMILES string of the molecule is C[C@@H]1CCC[C@H](C)N1CCCF. The van der Waals surface area contributed by atoms with Crippen molar-refractivity contribution in [3.8, 4) is 0 Å². The van der Waals surface area contributed by atoms with Crippen LogP contribution in [-0.2, 0) is 0 Å². The number of hydrogen-bond donors (Lipinski definition) is 0. The standard InChI is InChI=1S/C10H20FN/c1-9-5-3-6-10(2)12(9)8-4-7-11/h9-10H,3-8H2,1-2H3/t9-,10+. The molecule has 1 aliphatic heterocycles. The third-order valence-corrected chi connectivity index (χ3v) is 2.93. The molecule has 0 radical (unpaired) electrons. The second-order valence-electron chi connectivity index (χ2n) is 3.91. The Balaban J connectivity index is 2.34. The van der Waals surface area contributed by atoms with Gasteiger partial charge in [0.15, 0.2) is 0 Å². The molecule has 0 saturated carbocycles. The molecule has 72 valence electrons. The van der Waals surface area contributed by atoms with Crippen LogP contribution in [0.15, 0.2) is 0 Å². The molecule has 0 aromatic rings. The topological polar surface area (TPSA) is 3.24 Å². The van der Waals surface area contributed by atoms with E-state index in [4.69, 9.17) is 0 Å². The van der Waals surface area contributed by atoms with Crippen molar-refractivity contribution in [3.63, 3.8) is 0 Å². The van der Waals surface area contributed by atoms with E-state index < -0.39 is 0 Å². The average molecular weight is 173 g/mol. The largest absolute Gasteiger partial charge is 0.298 e. The summed E-state index contributed by atoms with van der Waals surface area (Å²) in [6.07, 6.45) is 4.62. The molecule has 1 fully saturated rings. The number of piperidine rings is 1. The summed E-state index contributed by atoms with van der Waals surface area (Å²) in [5.74, 6) is 0. The van der Waals surface area contributed by atoms with Crippen molar-refractivity contribution in [2.45, 2.75) is 51.6 Å². The third kappa shape index (κ3) is 2.44. The monoisotopic (exact) mass is 173 g/mol. The van der Waals surface area contributed by atoms with Gasteiger partial charge in [0, 0.05) is 18.6 Å². The molecular formula is C10H20FN. The van der Waals surface area contributed by atoms with Gasteiger partial charge in [-0.05, 0) is 33.1 Å². The Hall–Kier alpha value is -0.110. The fourth-order valence-electron chi connectivity index (χ4n) is 2.16. The van der Waals surface area contributed by atoms with Crippen molar-refractivity contribution in [2.75, 3.05) is 13.2 Å². The van der Waals surface area contributed by atoms with E-state index >= 15 is 0 Å². The Bertz CT molecular complexity index is 117. The molecule has 0 aromatic carbocycles. The predicted molar refractivity (Wildman–Crippen MR) is 50.1 cm³/mol. The van der Waals surface area contributed by atoms with Gasteiger partial charge in [-0.25, -0.2) is 0 Å². The van der Waals surface area contributed by atoms with Crippen LogP contribution < -0.4 is 0 Å². The maximum absolute atomic E-state index is 12.0. The fraction of sp³-hybridized carbons (Fsp3) is 1.00. The minimum atomic E-state index is -0.171. The van der Waals surface area contributed by atoms with Crippen molar-refractivity contribution in [3.05, 3.63) is 0 Å². The smallest absolute Gasteiger partial charge is 0.0906 e. The lowest BCUT2D eigenvalue weighted by molar-refractivity contribution is 0.0995. The number of nitrogens with zero attached hydrogens (tertiary/aromatic N) is 1. The Morgan fingerprint density at radius 3 is 2.33 bits per heavy atom. The molecule has 2 heteroatoms. The Labute approximate surface area is 74.9 Å². The van der Waals surface area contributed by atoms with Gasteiger partial charge < -0.3 is 0 Å². The van der Waals surface area contributed by atoms with E-state index in [1.165, 1.54) is 19.3 Å². The van der Waals surface area contributed by atoms with Crippen molar-refractivity contribution < 1.29 is 4.39 Å². The third-order valence-electron chi connectivity index (χ3n) is 2.93. The average Bonchev–Trinajstić information content (AvgIpc) is 2.04. The molecule has 0 amide bonds. The lowest BCUT2D eigenvalue weighted by Gasteiger charge is -2.38. The number of hydrogen-bond acceptors (Lipinski definition) is 1. The maximum atomic E-state index is 12.0. The normalized spacial score (nSPS) is 32.2. The maximum Gasteiger partial charge on any atom is 0.0906 e. The first kappa shape index (κ1) is 9.97. The van der Waals surface area contributed by atoms with Gasteiger partial charge in [0.2, 0.25) is 0 Å². The molecule has 0 unspecified atom stereocenters. The Kier molecular flexibility index (Phi) is 3.99. The highest BCUT2D eigenvalue weighted by molar-refractivity contribution is 4.78. The summed E-state index contributed by atoms with van der Waals surface area (Å²) in [5, 5.41) is 0.